The number of carbonyl (C=O) groups is 2. The predicted molar refractivity (Wildman–Crippen MR) is 88.4 cm³/mol. The molecule has 0 aromatic heterocycles. The Morgan fingerprint density at radius 2 is 1.74 bits per heavy atom. The van der Waals surface area contributed by atoms with E-state index < -0.39 is 11.8 Å². The number of hydrazine groups is 1. The van der Waals surface area contributed by atoms with Gasteiger partial charge >= 0.3 is 0 Å². The Balaban J connectivity index is 1.96. The standard InChI is InChI=1S/C16H15BrN2O4/c1-2-23-12-6-3-10(4-7-12)15(21)18-19-16(22)13-8-5-11(17)9-14(13)20/h3-9,20H,2H2,1H3,(H,18,21)(H,19,22). The van der Waals surface area contributed by atoms with Crippen LogP contribution in [0, 0.1) is 0 Å². The van der Waals surface area contributed by atoms with Crippen molar-refractivity contribution in [2.45, 2.75) is 6.92 Å². The van der Waals surface area contributed by atoms with E-state index in [2.05, 4.69) is 26.8 Å². The molecule has 2 amide bonds. The van der Waals surface area contributed by atoms with Crippen molar-refractivity contribution in [3.05, 3.63) is 58.1 Å². The first-order valence-electron chi connectivity index (χ1n) is 6.83. The normalized spacial score (nSPS) is 10.0. The van der Waals surface area contributed by atoms with Crippen LogP contribution in [0.15, 0.2) is 46.9 Å². The number of phenols is 1. The zero-order chi connectivity index (χ0) is 16.8. The Bertz CT molecular complexity index is 717. The van der Waals surface area contributed by atoms with Crippen LogP contribution in [0.25, 0.3) is 0 Å². The molecule has 0 atom stereocenters. The number of hydrogen-bond acceptors (Lipinski definition) is 4. The van der Waals surface area contributed by atoms with Gasteiger partial charge in [-0.15, -0.1) is 0 Å². The molecule has 0 spiro atoms. The van der Waals surface area contributed by atoms with Crippen molar-refractivity contribution in [1.29, 1.82) is 0 Å². The molecule has 0 aliphatic rings. The lowest BCUT2D eigenvalue weighted by Gasteiger charge is -2.09. The molecule has 0 saturated heterocycles. The SMILES string of the molecule is CCOc1ccc(C(=O)NNC(=O)c2ccc(Br)cc2O)cc1. The quantitative estimate of drug-likeness (QED) is 0.713. The minimum atomic E-state index is -0.616. The van der Waals surface area contributed by atoms with Crippen LogP contribution < -0.4 is 15.6 Å². The van der Waals surface area contributed by atoms with E-state index in [4.69, 9.17) is 4.74 Å². The second-order valence-corrected chi connectivity index (χ2v) is 5.44. The second-order valence-electron chi connectivity index (χ2n) is 4.53. The molecule has 0 heterocycles. The van der Waals surface area contributed by atoms with Gasteiger partial charge in [0, 0.05) is 10.0 Å². The molecule has 0 unspecified atom stereocenters. The lowest BCUT2D eigenvalue weighted by atomic mass is 10.2. The van der Waals surface area contributed by atoms with E-state index >= 15 is 0 Å². The lowest BCUT2D eigenvalue weighted by molar-refractivity contribution is 0.0845. The number of carbonyl (C=O) groups excluding carboxylic acids is 2. The Morgan fingerprint density at radius 1 is 1.09 bits per heavy atom. The van der Waals surface area contributed by atoms with Crippen LogP contribution in [0.2, 0.25) is 0 Å². The van der Waals surface area contributed by atoms with Gasteiger partial charge in [0.2, 0.25) is 0 Å². The number of hydrogen-bond donors (Lipinski definition) is 3. The molecule has 0 aliphatic heterocycles. The number of phenolic OH excluding ortho intramolecular Hbond substituents is 1. The summed E-state index contributed by atoms with van der Waals surface area (Å²) in [6.45, 7) is 2.41. The molecule has 7 heteroatoms. The minimum absolute atomic E-state index is 0.0557. The summed E-state index contributed by atoms with van der Waals surface area (Å²) in [6, 6.07) is 11.0. The van der Waals surface area contributed by atoms with Crippen LogP contribution in [0.1, 0.15) is 27.6 Å². The Kier molecular flexibility index (Phi) is 5.59. The van der Waals surface area contributed by atoms with E-state index in [0.717, 1.165) is 0 Å². The van der Waals surface area contributed by atoms with Crippen molar-refractivity contribution in [3.63, 3.8) is 0 Å². The van der Waals surface area contributed by atoms with Crippen molar-refractivity contribution in [2.75, 3.05) is 6.61 Å². The van der Waals surface area contributed by atoms with Crippen molar-refractivity contribution >= 4 is 27.7 Å². The number of nitrogens with one attached hydrogen (secondary N) is 2. The summed E-state index contributed by atoms with van der Waals surface area (Å²) < 4.78 is 5.93. The third-order valence-electron chi connectivity index (χ3n) is 2.92. The molecule has 0 fully saturated rings. The fourth-order valence-corrected chi connectivity index (χ4v) is 2.17. The molecule has 0 aliphatic carbocycles. The maximum Gasteiger partial charge on any atom is 0.273 e. The summed E-state index contributed by atoms with van der Waals surface area (Å²) in [4.78, 5) is 23.9. The smallest absolute Gasteiger partial charge is 0.273 e. The maximum atomic E-state index is 12.0. The molecule has 2 rings (SSSR count). The molecule has 0 saturated carbocycles. The molecule has 2 aromatic rings. The van der Waals surface area contributed by atoms with Crippen LogP contribution in [-0.2, 0) is 0 Å². The predicted octanol–water partition coefficient (Wildman–Crippen LogP) is 2.63. The van der Waals surface area contributed by atoms with Crippen LogP contribution in [-0.4, -0.2) is 23.5 Å². The third kappa shape index (κ3) is 4.46. The Labute approximate surface area is 141 Å². The maximum absolute atomic E-state index is 12.0. The fraction of sp³-hybridized carbons (Fsp3) is 0.125. The third-order valence-corrected chi connectivity index (χ3v) is 3.41. The van der Waals surface area contributed by atoms with Gasteiger partial charge in [0.05, 0.1) is 12.2 Å². The number of amides is 2. The van der Waals surface area contributed by atoms with Gasteiger partial charge in [-0.3, -0.25) is 20.4 Å². The van der Waals surface area contributed by atoms with Gasteiger partial charge < -0.3 is 9.84 Å². The largest absolute Gasteiger partial charge is 0.507 e. The van der Waals surface area contributed by atoms with Crippen molar-refractivity contribution in [1.82, 2.24) is 10.9 Å². The number of ether oxygens (including phenoxy) is 1. The highest BCUT2D eigenvalue weighted by Gasteiger charge is 2.13. The van der Waals surface area contributed by atoms with E-state index in [9.17, 15) is 14.7 Å². The molecule has 0 bridgehead atoms. The Hall–Kier alpha value is -2.54. The van der Waals surface area contributed by atoms with E-state index in [1.165, 1.54) is 12.1 Å². The highest BCUT2D eigenvalue weighted by atomic mass is 79.9. The van der Waals surface area contributed by atoms with Crippen molar-refractivity contribution < 1.29 is 19.4 Å². The van der Waals surface area contributed by atoms with Gasteiger partial charge in [-0.1, -0.05) is 15.9 Å². The molecule has 6 nitrogen and oxygen atoms in total. The molecular formula is C16H15BrN2O4. The summed E-state index contributed by atoms with van der Waals surface area (Å²) in [7, 11) is 0. The average molecular weight is 379 g/mol. The first-order chi connectivity index (χ1) is 11.0. The van der Waals surface area contributed by atoms with Gasteiger partial charge in [-0.2, -0.15) is 0 Å². The highest BCUT2D eigenvalue weighted by molar-refractivity contribution is 9.10. The number of aromatic hydroxyl groups is 1. The van der Waals surface area contributed by atoms with Gasteiger partial charge in [0.1, 0.15) is 11.5 Å². The van der Waals surface area contributed by atoms with E-state index in [-0.39, 0.29) is 11.3 Å². The van der Waals surface area contributed by atoms with Gasteiger partial charge in [0.25, 0.3) is 11.8 Å². The molecular weight excluding hydrogens is 364 g/mol. The lowest BCUT2D eigenvalue weighted by Crippen LogP contribution is -2.41. The second kappa shape index (κ2) is 7.64. The monoisotopic (exact) mass is 378 g/mol. The molecule has 120 valence electrons. The average Bonchev–Trinajstić information content (AvgIpc) is 2.53. The van der Waals surface area contributed by atoms with Gasteiger partial charge in [0.15, 0.2) is 0 Å². The number of rotatable bonds is 4. The zero-order valence-electron chi connectivity index (χ0n) is 12.3. The van der Waals surface area contributed by atoms with Crippen molar-refractivity contribution in [2.24, 2.45) is 0 Å². The summed E-state index contributed by atoms with van der Waals surface area (Å²) >= 11 is 3.18. The summed E-state index contributed by atoms with van der Waals surface area (Å²) in [6.07, 6.45) is 0. The fourth-order valence-electron chi connectivity index (χ4n) is 1.82. The number of halogens is 1. The van der Waals surface area contributed by atoms with Crippen molar-refractivity contribution in [3.8, 4) is 11.5 Å². The zero-order valence-corrected chi connectivity index (χ0v) is 13.9. The summed E-state index contributed by atoms with van der Waals surface area (Å²) in [5.41, 5.74) is 4.97. The molecule has 2 aromatic carbocycles. The van der Waals surface area contributed by atoms with Crippen LogP contribution in [0.3, 0.4) is 0 Å². The highest BCUT2D eigenvalue weighted by Crippen LogP contribution is 2.21. The first-order valence-corrected chi connectivity index (χ1v) is 7.62. The Morgan fingerprint density at radius 3 is 2.35 bits per heavy atom. The van der Waals surface area contributed by atoms with Crippen LogP contribution in [0.4, 0.5) is 0 Å². The van der Waals surface area contributed by atoms with Crippen LogP contribution >= 0.6 is 15.9 Å². The van der Waals surface area contributed by atoms with E-state index in [1.54, 1.807) is 30.3 Å². The van der Waals surface area contributed by atoms with E-state index in [1.807, 2.05) is 6.92 Å². The topological polar surface area (TPSA) is 87.7 Å². The van der Waals surface area contributed by atoms with E-state index in [0.29, 0.717) is 22.4 Å². The summed E-state index contributed by atoms with van der Waals surface area (Å²) in [5, 5.41) is 9.71. The van der Waals surface area contributed by atoms with Crippen LogP contribution in [0.5, 0.6) is 11.5 Å². The van der Waals surface area contributed by atoms with Gasteiger partial charge in [-0.25, -0.2) is 0 Å². The summed E-state index contributed by atoms with van der Waals surface area (Å²) in [5.74, 6) is -0.618. The molecule has 0 radical (unpaired) electrons. The minimum Gasteiger partial charge on any atom is -0.507 e. The number of benzene rings is 2. The first kappa shape index (κ1) is 16.8. The molecule has 23 heavy (non-hydrogen) atoms. The van der Waals surface area contributed by atoms with Gasteiger partial charge in [-0.05, 0) is 49.4 Å². The molecule has 3 N–H and O–H groups in total.